The van der Waals surface area contributed by atoms with E-state index in [9.17, 15) is 18.0 Å². The number of ketones is 1. The molecule has 0 atom stereocenters. The highest BCUT2D eigenvalue weighted by Gasteiger charge is 2.34. The highest BCUT2D eigenvalue weighted by Crippen LogP contribution is 2.23. The van der Waals surface area contributed by atoms with E-state index in [2.05, 4.69) is 4.74 Å². The summed E-state index contributed by atoms with van der Waals surface area (Å²) in [5.41, 5.74) is 0.0572. The van der Waals surface area contributed by atoms with Gasteiger partial charge in [-0.05, 0) is 24.3 Å². The molecule has 1 aromatic carbocycles. The van der Waals surface area contributed by atoms with Crippen LogP contribution in [0.1, 0.15) is 10.4 Å². The molecule has 0 unspecified atom stereocenters. The number of benzene rings is 1. The summed E-state index contributed by atoms with van der Waals surface area (Å²) in [6.45, 7) is 0. The molecule has 0 aromatic heterocycles. The highest BCUT2D eigenvalue weighted by molar-refractivity contribution is 6.30. The Bertz CT molecular complexity index is 481. The smallest absolute Gasteiger partial charge is 0.400 e. The number of carbonyl (C=O) groups excluding carboxylic acids is 1. The third kappa shape index (κ3) is 5.21. The molecule has 0 saturated carbocycles. The lowest BCUT2D eigenvalue weighted by atomic mass is 10.1. The van der Waals surface area contributed by atoms with Crippen LogP contribution in [-0.2, 0) is 4.74 Å². The maximum atomic E-state index is 12.2. The van der Waals surface area contributed by atoms with E-state index < -0.39 is 17.9 Å². The van der Waals surface area contributed by atoms with Crippen LogP contribution in [0, 0.1) is 0 Å². The molecule has 0 bridgehead atoms. The van der Waals surface area contributed by atoms with Crippen LogP contribution in [0.5, 0.6) is 0 Å². The molecule has 0 amide bonds. The molecular formula is C12H11ClF3NO2. The summed E-state index contributed by atoms with van der Waals surface area (Å²) in [6, 6.07) is 5.48. The van der Waals surface area contributed by atoms with Gasteiger partial charge < -0.3 is 9.64 Å². The molecule has 0 aliphatic rings. The number of halogens is 4. The first-order valence-electron chi connectivity index (χ1n) is 5.13. The van der Waals surface area contributed by atoms with Gasteiger partial charge in [0.2, 0.25) is 5.78 Å². The second-order valence-electron chi connectivity index (χ2n) is 3.84. The Morgan fingerprint density at radius 2 is 1.79 bits per heavy atom. The Morgan fingerprint density at radius 3 is 2.21 bits per heavy atom. The second-order valence-corrected chi connectivity index (χ2v) is 4.28. The van der Waals surface area contributed by atoms with Gasteiger partial charge in [0.25, 0.3) is 0 Å². The van der Waals surface area contributed by atoms with E-state index in [0.29, 0.717) is 5.02 Å². The van der Waals surface area contributed by atoms with Crippen LogP contribution in [0.2, 0.25) is 5.02 Å². The van der Waals surface area contributed by atoms with Crippen LogP contribution in [0.25, 0.3) is 0 Å². The summed E-state index contributed by atoms with van der Waals surface area (Å²) in [6.07, 6.45) is -3.96. The molecular weight excluding hydrogens is 283 g/mol. The van der Waals surface area contributed by atoms with Crippen molar-refractivity contribution in [2.45, 2.75) is 6.36 Å². The predicted octanol–water partition coefficient (Wildman–Crippen LogP) is 3.46. The molecule has 19 heavy (non-hydrogen) atoms. The van der Waals surface area contributed by atoms with Gasteiger partial charge in [0, 0.05) is 30.9 Å². The zero-order chi connectivity index (χ0) is 14.6. The van der Waals surface area contributed by atoms with E-state index in [1.165, 1.54) is 43.3 Å². The van der Waals surface area contributed by atoms with Gasteiger partial charge in [-0.3, -0.25) is 4.79 Å². The topological polar surface area (TPSA) is 29.5 Å². The maximum absolute atomic E-state index is 12.2. The molecule has 1 aromatic rings. The maximum Gasteiger partial charge on any atom is 0.573 e. The van der Waals surface area contributed by atoms with Crippen molar-refractivity contribution in [2.75, 3.05) is 14.1 Å². The first-order valence-corrected chi connectivity index (χ1v) is 5.51. The molecule has 0 saturated heterocycles. The van der Waals surface area contributed by atoms with Gasteiger partial charge in [-0.25, -0.2) is 0 Å². The van der Waals surface area contributed by atoms with Gasteiger partial charge in [0.05, 0.1) is 0 Å². The molecule has 0 N–H and O–H groups in total. The zero-order valence-corrected chi connectivity index (χ0v) is 10.9. The van der Waals surface area contributed by atoms with Crippen LogP contribution in [0.4, 0.5) is 13.2 Å². The summed E-state index contributed by atoms with van der Waals surface area (Å²) in [5, 5.41) is 0.381. The molecule has 0 spiro atoms. The molecule has 0 radical (unpaired) electrons. The standard InChI is InChI=1S/C12H11ClF3NO2/c1-17(2)7-10(19-12(14,15)16)11(18)8-3-5-9(13)6-4-8/h3-7H,1-2H3/b10-7+. The number of ether oxygens (including phenoxy) is 1. The van der Waals surface area contributed by atoms with Crippen LogP contribution in [0.15, 0.2) is 36.2 Å². The molecule has 0 aliphatic heterocycles. The average molecular weight is 294 g/mol. The predicted molar refractivity (Wildman–Crippen MR) is 64.7 cm³/mol. The third-order valence-electron chi connectivity index (χ3n) is 1.93. The van der Waals surface area contributed by atoms with Gasteiger partial charge in [-0.2, -0.15) is 0 Å². The quantitative estimate of drug-likeness (QED) is 0.484. The van der Waals surface area contributed by atoms with Crippen molar-refractivity contribution in [1.82, 2.24) is 4.90 Å². The van der Waals surface area contributed by atoms with Crippen molar-refractivity contribution >= 4 is 17.4 Å². The lowest BCUT2D eigenvalue weighted by Crippen LogP contribution is -2.20. The van der Waals surface area contributed by atoms with Crippen molar-refractivity contribution in [3.05, 3.63) is 46.8 Å². The number of rotatable bonds is 4. The average Bonchev–Trinajstić information content (AvgIpc) is 2.25. The fourth-order valence-electron chi connectivity index (χ4n) is 1.23. The van der Waals surface area contributed by atoms with Gasteiger partial charge >= 0.3 is 6.36 Å². The van der Waals surface area contributed by atoms with Gasteiger partial charge in [0.15, 0.2) is 5.76 Å². The van der Waals surface area contributed by atoms with Crippen LogP contribution in [0.3, 0.4) is 0 Å². The van der Waals surface area contributed by atoms with E-state index in [1.54, 1.807) is 0 Å². The van der Waals surface area contributed by atoms with Crippen molar-refractivity contribution in [3.63, 3.8) is 0 Å². The monoisotopic (exact) mass is 293 g/mol. The molecule has 104 valence electrons. The second kappa shape index (κ2) is 5.97. The Balaban J connectivity index is 3.04. The number of hydrogen-bond acceptors (Lipinski definition) is 3. The van der Waals surface area contributed by atoms with Crippen molar-refractivity contribution in [2.24, 2.45) is 0 Å². The molecule has 3 nitrogen and oxygen atoms in total. The first kappa shape index (κ1) is 15.4. The van der Waals surface area contributed by atoms with Gasteiger partial charge in [0.1, 0.15) is 0 Å². The minimum absolute atomic E-state index is 0.0572. The number of allylic oxidation sites excluding steroid dienone is 1. The molecule has 0 heterocycles. The lowest BCUT2D eigenvalue weighted by Gasteiger charge is -2.14. The molecule has 7 heteroatoms. The number of hydrogen-bond donors (Lipinski definition) is 0. The van der Waals surface area contributed by atoms with Gasteiger partial charge in [-0.1, -0.05) is 11.6 Å². The molecule has 1 rings (SSSR count). The summed E-state index contributed by atoms with van der Waals surface area (Å²) in [4.78, 5) is 13.2. The fourth-order valence-corrected chi connectivity index (χ4v) is 1.36. The van der Waals surface area contributed by atoms with E-state index in [0.717, 1.165) is 6.20 Å². The third-order valence-corrected chi connectivity index (χ3v) is 2.18. The minimum Gasteiger partial charge on any atom is -0.400 e. The van der Waals surface area contributed by atoms with Crippen LogP contribution in [-0.4, -0.2) is 31.1 Å². The largest absolute Gasteiger partial charge is 0.573 e. The van der Waals surface area contributed by atoms with Crippen molar-refractivity contribution < 1.29 is 22.7 Å². The SMILES string of the molecule is CN(C)/C=C(/OC(F)(F)F)C(=O)c1ccc(Cl)cc1. The highest BCUT2D eigenvalue weighted by atomic mass is 35.5. The lowest BCUT2D eigenvalue weighted by molar-refractivity contribution is -0.303. The number of Topliss-reactive ketones (excluding diaryl/α,β-unsaturated/α-hetero) is 1. The van der Waals surface area contributed by atoms with Crippen molar-refractivity contribution in [1.29, 1.82) is 0 Å². The fraction of sp³-hybridized carbons (Fsp3) is 0.250. The van der Waals surface area contributed by atoms with E-state index in [1.807, 2.05) is 0 Å². The number of carbonyl (C=O) groups is 1. The van der Waals surface area contributed by atoms with E-state index in [4.69, 9.17) is 11.6 Å². The summed E-state index contributed by atoms with van der Waals surface area (Å²) in [5.74, 6) is -1.68. The van der Waals surface area contributed by atoms with Gasteiger partial charge in [-0.15, -0.1) is 13.2 Å². The summed E-state index contributed by atoms with van der Waals surface area (Å²) >= 11 is 5.64. The Labute approximate surface area is 113 Å². The summed E-state index contributed by atoms with van der Waals surface area (Å²) in [7, 11) is 2.96. The van der Waals surface area contributed by atoms with Crippen molar-refractivity contribution in [3.8, 4) is 0 Å². The van der Waals surface area contributed by atoms with Crippen LogP contribution >= 0.6 is 11.6 Å². The molecule has 0 aliphatic carbocycles. The van der Waals surface area contributed by atoms with Crippen LogP contribution < -0.4 is 0 Å². The zero-order valence-electron chi connectivity index (χ0n) is 10.2. The normalized spacial score (nSPS) is 12.2. The molecule has 0 fully saturated rings. The summed E-state index contributed by atoms with van der Waals surface area (Å²) < 4.78 is 40.5. The Morgan fingerprint density at radius 1 is 1.26 bits per heavy atom. The minimum atomic E-state index is -4.93. The number of alkyl halides is 3. The Hall–Kier alpha value is -1.69. The number of nitrogens with zero attached hydrogens (tertiary/aromatic N) is 1. The van der Waals surface area contributed by atoms with E-state index in [-0.39, 0.29) is 5.56 Å². The first-order chi connectivity index (χ1) is 8.69. The Kier molecular flexibility index (Phi) is 4.83. The van der Waals surface area contributed by atoms with E-state index >= 15 is 0 Å².